The maximum Gasteiger partial charge on any atom is 0.250 e. The minimum Gasteiger partial charge on any atom is -0.470 e. The number of hydrogen-bond donors (Lipinski definition) is 0. The molecule has 4 heterocycles. The van der Waals surface area contributed by atoms with Gasteiger partial charge >= 0.3 is 0 Å². The second-order valence-corrected chi connectivity index (χ2v) is 6.43. The third-order valence-corrected chi connectivity index (χ3v) is 4.60. The molecule has 2 saturated heterocycles. The van der Waals surface area contributed by atoms with Crippen LogP contribution in [0.25, 0.3) is 0 Å². The quantitative estimate of drug-likeness (QED) is 0.859. The number of rotatable bonds is 3. The summed E-state index contributed by atoms with van der Waals surface area (Å²) in [6.45, 7) is 3.97. The largest absolute Gasteiger partial charge is 0.470 e. The van der Waals surface area contributed by atoms with Gasteiger partial charge in [0.2, 0.25) is 0 Å². The summed E-state index contributed by atoms with van der Waals surface area (Å²) in [5.41, 5.74) is 0.637. The van der Waals surface area contributed by atoms with Crippen LogP contribution in [0.5, 0.6) is 5.88 Å². The molecule has 0 aromatic carbocycles. The number of pyridine rings is 1. The number of aryl methyl sites for hydroxylation is 1. The molecule has 0 amide bonds. The highest BCUT2D eigenvalue weighted by atomic mass is 19.1. The third-order valence-electron chi connectivity index (χ3n) is 4.60. The Balaban J connectivity index is 1.41. The predicted molar refractivity (Wildman–Crippen MR) is 85.5 cm³/mol. The van der Waals surface area contributed by atoms with Crippen molar-refractivity contribution in [2.75, 3.05) is 24.6 Å². The fourth-order valence-electron chi connectivity index (χ4n) is 3.38. The topological polar surface area (TPSA) is 60.4 Å². The first-order valence-corrected chi connectivity index (χ1v) is 8.10. The molecule has 2 atom stereocenters. The van der Waals surface area contributed by atoms with E-state index in [0.717, 1.165) is 37.4 Å². The van der Waals surface area contributed by atoms with E-state index in [2.05, 4.69) is 20.1 Å². The minimum atomic E-state index is -0.443. The molecule has 2 aliphatic heterocycles. The molecule has 2 fully saturated rings. The second-order valence-electron chi connectivity index (χ2n) is 6.43. The summed E-state index contributed by atoms with van der Waals surface area (Å²) in [6, 6.07) is 6.83. The van der Waals surface area contributed by atoms with E-state index in [9.17, 15) is 4.39 Å². The molecule has 0 aliphatic carbocycles. The summed E-state index contributed by atoms with van der Waals surface area (Å²) in [5.74, 6) is 0.463. The molecule has 6 nitrogen and oxygen atoms in total. The maximum absolute atomic E-state index is 13.7. The zero-order valence-corrected chi connectivity index (χ0v) is 13.5. The molecule has 1 spiro atoms. The molecule has 4 rings (SSSR count). The standard InChI is InChI=1S/C17H19FN4O2/c1-12-4-5-15(21-20-12)22-8-6-17(11-22)9-13(10-23-17)24-16-14(18)3-2-7-19-16/h2-5,7,13H,6,8-11H2,1H3/t13-,17-/m0/s1. The van der Waals surface area contributed by atoms with Gasteiger partial charge in [0.05, 0.1) is 17.9 Å². The fraction of sp³-hybridized carbons (Fsp3) is 0.471. The Morgan fingerprint density at radius 3 is 3.04 bits per heavy atom. The van der Waals surface area contributed by atoms with E-state index in [-0.39, 0.29) is 17.6 Å². The van der Waals surface area contributed by atoms with Gasteiger partial charge in [-0.1, -0.05) is 0 Å². The number of halogens is 1. The van der Waals surface area contributed by atoms with Gasteiger partial charge in [0.25, 0.3) is 5.88 Å². The van der Waals surface area contributed by atoms with Gasteiger partial charge in [-0.15, -0.1) is 5.10 Å². The number of nitrogens with zero attached hydrogens (tertiary/aromatic N) is 4. The monoisotopic (exact) mass is 330 g/mol. The van der Waals surface area contributed by atoms with Gasteiger partial charge in [-0.05, 0) is 37.6 Å². The van der Waals surface area contributed by atoms with Gasteiger partial charge < -0.3 is 14.4 Å². The van der Waals surface area contributed by atoms with Gasteiger partial charge in [-0.25, -0.2) is 9.37 Å². The Morgan fingerprint density at radius 2 is 2.25 bits per heavy atom. The molecule has 2 aromatic rings. The average Bonchev–Trinajstić information content (AvgIpc) is 3.18. The Labute approximate surface area is 139 Å². The maximum atomic E-state index is 13.7. The first-order chi connectivity index (χ1) is 11.6. The third kappa shape index (κ3) is 2.91. The van der Waals surface area contributed by atoms with Crippen molar-refractivity contribution in [3.63, 3.8) is 0 Å². The van der Waals surface area contributed by atoms with Crippen LogP contribution in [0.1, 0.15) is 18.5 Å². The van der Waals surface area contributed by atoms with Gasteiger partial charge in [0, 0.05) is 25.7 Å². The molecule has 2 aliphatic rings. The van der Waals surface area contributed by atoms with Crippen LogP contribution in [-0.2, 0) is 4.74 Å². The molecular weight excluding hydrogens is 311 g/mol. The molecule has 0 radical (unpaired) electrons. The van der Waals surface area contributed by atoms with E-state index in [1.165, 1.54) is 12.3 Å². The molecule has 24 heavy (non-hydrogen) atoms. The van der Waals surface area contributed by atoms with Crippen molar-refractivity contribution >= 4 is 5.82 Å². The highest BCUT2D eigenvalue weighted by Crippen LogP contribution is 2.37. The lowest BCUT2D eigenvalue weighted by Crippen LogP contribution is -2.33. The summed E-state index contributed by atoms with van der Waals surface area (Å²) < 4.78 is 25.4. The van der Waals surface area contributed by atoms with E-state index < -0.39 is 5.82 Å². The Kier molecular flexibility index (Phi) is 3.80. The van der Waals surface area contributed by atoms with Crippen molar-refractivity contribution in [3.8, 4) is 5.88 Å². The molecule has 126 valence electrons. The average molecular weight is 330 g/mol. The SMILES string of the molecule is Cc1ccc(N2CC[C@]3(C[C@H](Oc4ncccc4F)CO3)C2)nn1. The first-order valence-electron chi connectivity index (χ1n) is 8.10. The van der Waals surface area contributed by atoms with Crippen LogP contribution in [-0.4, -0.2) is 46.6 Å². The molecule has 2 aromatic heterocycles. The summed E-state index contributed by atoms with van der Waals surface area (Å²) in [7, 11) is 0. The molecule has 0 N–H and O–H groups in total. The van der Waals surface area contributed by atoms with Crippen LogP contribution >= 0.6 is 0 Å². The Morgan fingerprint density at radius 1 is 1.33 bits per heavy atom. The van der Waals surface area contributed by atoms with Crippen molar-refractivity contribution < 1.29 is 13.9 Å². The zero-order chi connectivity index (χ0) is 16.6. The van der Waals surface area contributed by atoms with E-state index in [1.54, 1.807) is 6.07 Å². The van der Waals surface area contributed by atoms with Crippen molar-refractivity contribution in [3.05, 3.63) is 42.0 Å². The second kappa shape index (κ2) is 5.98. The van der Waals surface area contributed by atoms with Crippen molar-refractivity contribution in [1.82, 2.24) is 15.2 Å². The summed E-state index contributed by atoms with van der Waals surface area (Å²) >= 11 is 0. The van der Waals surface area contributed by atoms with Crippen LogP contribution in [0.15, 0.2) is 30.5 Å². The number of aromatic nitrogens is 3. The smallest absolute Gasteiger partial charge is 0.250 e. The van der Waals surface area contributed by atoms with E-state index in [0.29, 0.717) is 6.61 Å². The fourth-order valence-corrected chi connectivity index (χ4v) is 3.38. The summed E-state index contributed by atoms with van der Waals surface area (Å²) in [4.78, 5) is 6.12. The molecule has 0 bridgehead atoms. The molecule has 7 heteroatoms. The van der Waals surface area contributed by atoms with Crippen LogP contribution in [0.3, 0.4) is 0 Å². The molecule has 0 saturated carbocycles. The highest BCUT2D eigenvalue weighted by molar-refractivity contribution is 5.40. The number of ether oxygens (including phenoxy) is 2. The Bertz CT molecular complexity index is 727. The van der Waals surface area contributed by atoms with Crippen LogP contribution in [0.4, 0.5) is 10.2 Å². The molecular formula is C17H19FN4O2. The van der Waals surface area contributed by atoms with E-state index in [4.69, 9.17) is 9.47 Å². The highest BCUT2D eigenvalue weighted by Gasteiger charge is 2.47. The van der Waals surface area contributed by atoms with Gasteiger partial charge in [0.15, 0.2) is 11.6 Å². The molecule has 0 unspecified atom stereocenters. The van der Waals surface area contributed by atoms with Crippen molar-refractivity contribution in [2.45, 2.75) is 31.5 Å². The minimum absolute atomic E-state index is 0.0439. The van der Waals surface area contributed by atoms with Gasteiger partial charge in [-0.3, -0.25) is 0 Å². The van der Waals surface area contributed by atoms with E-state index >= 15 is 0 Å². The van der Waals surface area contributed by atoms with Crippen LogP contribution < -0.4 is 9.64 Å². The lowest BCUT2D eigenvalue weighted by atomic mass is 9.98. The normalized spacial score (nSPS) is 26.2. The van der Waals surface area contributed by atoms with Crippen LogP contribution in [0.2, 0.25) is 0 Å². The lowest BCUT2D eigenvalue weighted by molar-refractivity contribution is 0.0192. The summed E-state index contributed by atoms with van der Waals surface area (Å²) in [5, 5.41) is 8.35. The van der Waals surface area contributed by atoms with Gasteiger partial charge in [-0.2, -0.15) is 5.10 Å². The van der Waals surface area contributed by atoms with E-state index in [1.807, 2.05) is 19.1 Å². The number of anilines is 1. The van der Waals surface area contributed by atoms with Crippen molar-refractivity contribution in [1.29, 1.82) is 0 Å². The lowest BCUT2D eigenvalue weighted by Gasteiger charge is -2.23. The van der Waals surface area contributed by atoms with Crippen LogP contribution in [0, 0.1) is 12.7 Å². The first kappa shape index (κ1) is 15.3. The predicted octanol–water partition coefficient (Wildman–Crippen LogP) is 2.14. The van der Waals surface area contributed by atoms with Crippen molar-refractivity contribution in [2.24, 2.45) is 0 Å². The summed E-state index contributed by atoms with van der Waals surface area (Å²) in [6.07, 6.45) is 2.96. The zero-order valence-electron chi connectivity index (χ0n) is 13.5. The number of hydrogen-bond acceptors (Lipinski definition) is 6. The van der Waals surface area contributed by atoms with Gasteiger partial charge in [0.1, 0.15) is 6.10 Å². The Hall–Kier alpha value is -2.28.